The molecule has 1 aromatic carbocycles. The number of hydrogen-bond donors (Lipinski definition) is 0. The molecule has 28 heavy (non-hydrogen) atoms. The van der Waals surface area contributed by atoms with Gasteiger partial charge in [0.1, 0.15) is 5.82 Å². The van der Waals surface area contributed by atoms with E-state index in [1.165, 1.54) is 0 Å². The maximum atomic E-state index is 4.97. The molecule has 5 aromatic rings. The topological polar surface area (TPSA) is 73.8 Å². The van der Waals surface area contributed by atoms with Crippen LogP contribution in [0.2, 0.25) is 0 Å². The number of aromatic nitrogens is 7. The highest BCUT2D eigenvalue weighted by atomic mass is 15.3. The molecule has 140 valence electrons. The molecule has 0 N–H and O–H groups in total. The van der Waals surface area contributed by atoms with Crippen LogP contribution in [-0.2, 0) is 13.5 Å². The van der Waals surface area contributed by atoms with E-state index in [1.807, 2.05) is 36.8 Å². The molecule has 1 atom stereocenters. The Morgan fingerprint density at radius 3 is 2.75 bits per heavy atom. The first-order valence-corrected chi connectivity index (χ1v) is 9.41. The van der Waals surface area contributed by atoms with Gasteiger partial charge in [-0.25, -0.2) is 14.5 Å². The van der Waals surface area contributed by atoms with Gasteiger partial charge in [0.05, 0.1) is 27.9 Å². The van der Waals surface area contributed by atoms with Crippen molar-refractivity contribution in [2.45, 2.75) is 33.1 Å². The molecular weight excluding hydrogens is 350 g/mol. The second-order valence-electron chi connectivity index (χ2n) is 7.39. The third kappa shape index (κ3) is 2.46. The molecular formula is C21H21N7. The smallest absolute Gasteiger partial charge is 0.177 e. The summed E-state index contributed by atoms with van der Waals surface area (Å²) in [5.41, 5.74) is 5.76. The molecule has 4 aromatic heterocycles. The fraction of sp³-hybridized carbons (Fsp3) is 0.286. The van der Waals surface area contributed by atoms with Crippen molar-refractivity contribution in [3.05, 3.63) is 59.7 Å². The Morgan fingerprint density at radius 1 is 1.07 bits per heavy atom. The van der Waals surface area contributed by atoms with Crippen molar-refractivity contribution in [2.75, 3.05) is 0 Å². The molecule has 0 aliphatic rings. The molecule has 5 rings (SSSR count). The van der Waals surface area contributed by atoms with Gasteiger partial charge in [0, 0.05) is 37.2 Å². The van der Waals surface area contributed by atoms with E-state index < -0.39 is 0 Å². The first kappa shape index (κ1) is 16.8. The molecule has 7 heteroatoms. The molecule has 7 nitrogen and oxygen atoms in total. The molecule has 0 amide bonds. The Bertz CT molecular complexity index is 1310. The Kier molecular flexibility index (Phi) is 3.65. The molecule has 4 heterocycles. The van der Waals surface area contributed by atoms with E-state index in [0.29, 0.717) is 6.42 Å². The normalized spacial score (nSPS) is 13.0. The largest absolute Gasteiger partial charge is 0.331 e. The summed E-state index contributed by atoms with van der Waals surface area (Å²) in [6, 6.07) is 8.18. The van der Waals surface area contributed by atoms with Crippen molar-refractivity contribution in [1.82, 2.24) is 34.1 Å². The minimum atomic E-state index is 0.176. The predicted molar refractivity (Wildman–Crippen MR) is 108 cm³/mol. The molecule has 0 bridgehead atoms. The number of rotatable bonds is 3. The lowest BCUT2D eigenvalue weighted by molar-refractivity contribution is 0.642. The highest BCUT2D eigenvalue weighted by Gasteiger charge is 2.19. The van der Waals surface area contributed by atoms with E-state index in [4.69, 9.17) is 15.1 Å². The number of aryl methyl sites for hydroxylation is 3. The molecule has 0 saturated heterocycles. The lowest BCUT2D eigenvalue weighted by atomic mass is 10.1. The van der Waals surface area contributed by atoms with Crippen molar-refractivity contribution in [1.29, 1.82) is 0 Å². The summed E-state index contributed by atoms with van der Waals surface area (Å²) in [5.74, 6) is 2.01. The molecule has 0 spiro atoms. The number of pyridine rings is 1. The first-order valence-electron chi connectivity index (χ1n) is 9.41. The summed E-state index contributed by atoms with van der Waals surface area (Å²) >= 11 is 0. The minimum absolute atomic E-state index is 0.176. The van der Waals surface area contributed by atoms with Gasteiger partial charge in [-0.15, -0.1) is 0 Å². The van der Waals surface area contributed by atoms with Crippen LogP contribution in [0, 0.1) is 13.8 Å². The van der Waals surface area contributed by atoms with Crippen LogP contribution in [0.3, 0.4) is 0 Å². The quantitative estimate of drug-likeness (QED) is 0.485. The third-order valence-corrected chi connectivity index (χ3v) is 5.35. The second kappa shape index (κ2) is 6.09. The monoisotopic (exact) mass is 371 g/mol. The van der Waals surface area contributed by atoms with Crippen molar-refractivity contribution in [3.63, 3.8) is 0 Å². The maximum Gasteiger partial charge on any atom is 0.177 e. The fourth-order valence-electron chi connectivity index (χ4n) is 3.86. The first-order chi connectivity index (χ1) is 13.5. The van der Waals surface area contributed by atoms with Crippen LogP contribution in [0.4, 0.5) is 0 Å². The summed E-state index contributed by atoms with van der Waals surface area (Å²) < 4.78 is 4.04. The summed E-state index contributed by atoms with van der Waals surface area (Å²) in [4.78, 5) is 18.5. The van der Waals surface area contributed by atoms with E-state index in [1.54, 1.807) is 0 Å². The van der Waals surface area contributed by atoms with Gasteiger partial charge in [-0.2, -0.15) is 5.10 Å². The lowest BCUT2D eigenvalue weighted by Crippen LogP contribution is -2.07. The maximum absolute atomic E-state index is 4.97. The van der Waals surface area contributed by atoms with Crippen LogP contribution in [0.15, 0.2) is 36.7 Å². The number of fused-ring (bicyclic) bond motifs is 4. The molecule has 0 saturated carbocycles. The molecule has 0 aliphatic carbocycles. The minimum Gasteiger partial charge on any atom is -0.331 e. The van der Waals surface area contributed by atoms with Gasteiger partial charge in [-0.3, -0.25) is 9.97 Å². The Morgan fingerprint density at radius 2 is 1.93 bits per heavy atom. The predicted octanol–water partition coefficient (Wildman–Crippen LogP) is 3.52. The fourth-order valence-corrected chi connectivity index (χ4v) is 3.86. The van der Waals surface area contributed by atoms with E-state index >= 15 is 0 Å². The van der Waals surface area contributed by atoms with Crippen molar-refractivity contribution < 1.29 is 0 Å². The van der Waals surface area contributed by atoms with Gasteiger partial charge >= 0.3 is 0 Å². The zero-order valence-electron chi connectivity index (χ0n) is 16.4. The van der Waals surface area contributed by atoms with Gasteiger partial charge in [-0.1, -0.05) is 6.92 Å². The van der Waals surface area contributed by atoms with Gasteiger partial charge in [-0.05, 0) is 38.1 Å². The Hall–Kier alpha value is -3.35. The number of nitrogens with zero attached hydrogens (tertiary/aromatic N) is 7. The zero-order chi connectivity index (χ0) is 19.4. The highest BCUT2D eigenvalue weighted by molar-refractivity contribution is 6.02. The average molecular weight is 371 g/mol. The SMILES string of the molecule is Cc1ncc(C)n2nc(C[C@H](C)c3nc4c5cccnc5ccc4n3C)nc12. The van der Waals surface area contributed by atoms with E-state index in [9.17, 15) is 0 Å². The summed E-state index contributed by atoms with van der Waals surface area (Å²) in [7, 11) is 2.07. The molecule has 0 fully saturated rings. The number of hydrogen-bond acceptors (Lipinski definition) is 5. The highest BCUT2D eigenvalue weighted by Crippen LogP contribution is 2.28. The average Bonchev–Trinajstić information content (AvgIpc) is 3.27. The van der Waals surface area contributed by atoms with Gasteiger partial charge in [0.25, 0.3) is 0 Å². The van der Waals surface area contributed by atoms with Gasteiger partial charge in [0.2, 0.25) is 0 Å². The van der Waals surface area contributed by atoms with E-state index in [0.717, 1.165) is 50.6 Å². The van der Waals surface area contributed by atoms with E-state index in [-0.39, 0.29) is 5.92 Å². The van der Waals surface area contributed by atoms with E-state index in [2.05, 4.69) is 46.7 Å². The molecule has 0 aliphatic heterocycles. The third-order valence-electron chi connectivity index (χ3n) is 5.35. The van der Waals surface area contributed by atoms with Gasteiger partial charge in [0.15, 0.2) is 11.5 Å². The summed E-state index contributed by atoms with van der Waals surface area (Å²) in [5, 5.41) is 5.77. The lowest BCUT2D eigenvalue weighted by Gasteiger charge is -2.09. The summed E-state index contributed by atoms with van der Waals surface area (Å²) in [6.45, 7) is 6.12. The van der Waals surface area contributed by atoms with Crippen LogP contribution in [-0.4, -0.2) is 34.1 Å². The van der Waals surface area contributed by atoms with Crippen LogP contribution in [0.1, 0.15) is 35.9 Å². The van der Waals surface area contributed by atoms with Crippen molar-refractivity contribution in [3.8, 4) is 0 Å². The second-order valence-corrected chi connectivity index (χ2v) is 7.39. The van der Waals surface area contributed by atoms with Gasteiger partial charge < -0.3 is 4.57 Å². The number of benzene rings is 1. The molecule has 0 unspecified atom stereocenters. The van der Waals surface area contributed by atoms with Crippen molar-refractivity contribution in [2.24, 2.45) is 7.05 Å². The van der Waals surface area contributed by atoms with Crippen LogP contribution >= 0.6 is 0 Å². The number of imidazole rings is 1. The zero-order valence-corrected chi connectivity index (χ0v) is 16.4. The Balaban J connectivity index is 1.57. The molecule has 0 radical (unpaired) electrons. The van der Waals surface area contributed by atoms with Crippen molar-refractivity contribution >= 4 is 27.6 Å². The van der Waals surface area contributed by atoms with Crippen LogP contribution in [0.5, 0.6) is 0 Å². The standard InChI is InChI=1S/C21H21N7/c1-12(10-18-24-21-14(3)23-11-13(2)28(21)26-18)20-25-19-15-6-5-9-22-16(15)7-8-17(19)27(20)4/h5-9,11-12H,10H2,1-4H3/t12-/m0/s1. The summed E-state index contributed by atoms with van der Waals surface area (Å²) in [6.07, 6.45) is 4.36. The Labute approximate surface area is 162 Å². The van der Waals surface area contributed by atoms with Crippen LogP contribution in [0.25, 0.3) is 27.6 Å². The van der Waals surface area contributed by atoms with Crippen LogP contribution < -0.4 is 0 Å².